The van der Waals surface area contributed by atoms with Gasteiger partial charge in [-0.05, 0) is 33.6 Å². The van der Waals surface area contributed by atoms with Crippen LogP contribution in [0.15, 0.2) is 0 Å². The van der Waals surface area contributed by atoms with Crippen LogP contribution in [0, 0.1) is 0 Å². The Morgan fingerprint density at radius 1 is 1.47 bits per heavy atom. The minimum Gasteiger partial charge on any atom is -0.444 e. The summed E-state index contributed by atoms with van der Waals surface area (Å²) in [6, 6.07) is 0. The molecule has 0 saturated carbocycles. The van der Waals surface area contributed by atoms with E-state index < -0.39 is 11.2 Å². The molecule has 6 heteroatoms. The van der Waals surface area contributed by atoms with Crippen molar-refractivity contribution in [1.82, 2.24) is 10.3 Å². The fourth-order valence-electron chi connectivity index (χ4n) is 1.80. The third kappa shape index (κ3) is 4.49. The standard InChI is InChI=1S/C11H23N3O3/c1-10(2,3)17-9(15)14-6-4-11(16,5-7-14)8-13-12/h13,16H,4-8,12H2,1-3H3. The van der Waals surface area contributed by atoms with Gasteiger partial charge in [0.05, 0.1) is 5.60 Å². The fraction of sp³-hybridized carbons (Fsp3) is 0.909. The van der Waals surface area contributed by atoms with Gasteiger partial charge in [0.15, 0.2) is 0 Å². The topological polar surface area (TPSA) is 87.8 Å². The van der Waals surface area contributed by atoms with Crippen molar-refractivity contribution in [2.75, 3.05) is 19.6 Å². The molecule has 1 rings (SSSR count). The molecule has 17 heavy (non-hydrogen) atoms. The maximum atomic E-state index is 11.8. The van der Waals surface area contributed by atoms with E-state index in [-0.39, 0.29) is 6.09 Å². The highest BCUT2D eigenvalue weighted by atomic mass is 16.6. The number of piperidine rings is 1. The van der Waals surface area contributed by atoms with Crippen LogP contribution in [-0.4, -0.2) is 46.9 Å². The number of hydrogen-bond acceptors (Lipinski definition) is 5. The first-order chi connectivity index (χ1) is 7.76. The molecule has 0 aliphatic carbocycles. The predicted molar refractivity (Wildman–Crippen MR) is 64.2 cm³/mol. The van der Waals surface area contributed by atoms with Crippen molar-refractivity contribution in [2.45, 2.75) is 44.8 Å². The van der Waals surface area contributed by atoms with Crippen LogP contribution in [0.2, 0.25) is 0 Å². The molecule has 0 aromatic carbocycles. The van der Waals surface area contributed by atoms with Gasteiger partial charge in [0.2, 0.25) is 0 Å². The Kier molecular flexibility index (Phi) is 4.35. The first kappa shape index (κ1) is 14.2. The summed E-state index contributed by atoms with van der Waals surface area (Å²) in [6.45, 7) is 6.84. The summed E-state index contributed by atoms with van der Waals surface area (Å²) in [5, 5.41) is 10.1. The van der Waals surface area contributed by atoms with Crippen LogP contribution in [0.4, 0.5) is 4.79 Å². The Labute approximate surface area is 102 Å². The van der Waals surface area contributed by atoms with Gasteiger partial charge in [0.1, 0.15) is 5.60 Å². The van der Waals surface area contributed by atoms with E-state index >= 15 is 0 Å². The number of aliphatic hydroxyl groups is 1. The minimum atomic E-state index is -0.812. The van der Waals surface area contributed by atoms with Gasteiger partial charge in [0.25, 0.3) is 0 Å². The maximum absolute atomic E-state index is 11.8. The number of nitrogens with two attached hydrogens (primary N) is 1. The van der Waals surface area contributed by atoms with Gasteiger partial charge in [-0.25, -0.2) is 4.79 Å². The minimum absolute atomic E-state index is 0.319. The molecule has 0 bridgehead atoms. The fourth-order valence-corrected chi connectivity index (χ4v) is 1.80. The molecule has 1 aliphatic rings. The summed E-state index contributed by atoms with van der Waals surface area (Å²) in [4.78, 5) is 13.4. The quantitative estimate of drug-likeness (QED) is 0.478. The molecule has 1 aliphatic heterocycles. The van der Waals surface area contributed by atoms with E-state index in [0.29, 0.717) is 32.5 Å². The molecule has 1 heterocycles. The number of amides is 1. The molecule has 0 radical (unpaired) electrons. The normalized spacial score (nSPS) is 20.2. The molecular formula is C11H23N3O3. The molecule has 6 nitrogen and oxygen atoms in total. The van der Waals surface area contributed by atoms with Crippen LogP contribution < -0.4 is 11.3 Å². The summed E-state index contributed by atoms with van der Waals surface area (Å²) < 4.78 is 5.27. The van der Waals surface area contributed by atoms with E-state index in [4.69, 9.17) is 10.6 Å². The molecule has 0 atom stereocenters. The van der Waals surface area contributed by atoms with Gasteiger partial charge < -0.3 is 14.7 Å². The largest absolute Gasteiger partial charge is 0.444 e. The Balaban J connectivity index is 2.44. The molecule has 0 aromatic rings. The third-order valence-electron chi connectivity index (χ3n) is 2.78. The van der Waals surface area contributed by atoms with Gasteiger partial charge in [-0.1, -0.05) is 0 Å². The van der Waals surface area contributed by atoms with Gasteiger partial charge in [-0.2, -0.15) is 0 Å². The van der Waals surface area contributed by atoms with E-state index in [0.717, 1.165) is 0 Å². The molecule has 4 N–H and O–H groups in total. The van der Waals surface area contributed by atoms with E-state index in [1.807, 2.05) is 20.8 Å². The SMILES string of the molecule is CC(C)(C)OC(=O)N1CCC(O)(CNN)CC1. The predicted octanol–water partition coefficient (Wildman–Crippen LogP) is 0.212. The number of carbonyl (C=O) groups excluding carboxylic acids is 1. The molecular weight excluding hydrogens is 222 g/mol. The van der Waals surface area contributed by atoms with Crippen molar-refractivity contribution in [3.05, 3.63) is 0 Å². The van der Waals surface area contributed by atoms with Crippen molar-refractivity contribution in [1.29, 1.82) is 0 Å². The number of likely N-dealkylation sites (tertiary alicyclic amines) is 1. The average molecular weight is 245 g/mol. The molecule has 1 amide bonds. The Bertz CT molecular complexity index is 268. The maximum Gasteiger partial charge on any atom is 0.410 e. The summed E-state index contributed by atoms with van der Waals surface area (Å²) in [5.41, 5.74) is 1.18. The average Bonchev–Trinajstić information content (AvgIpc) is 2.15. The second-order valence-electron chi connectivity index (χ2n) is 5.57. The second-order valence-corrected chi connectivity index (χ2v) is 5.57. The Morgan fingerprint density at radius 2 is 2.00 bits per heavy atom. The van der Waals surface area contributed by atoms with Crippen molar-refractivity contribution in [2.24, 2.45) is 5.84 Å². The van der Waals surface area contributed by atoms with Crippen LogP contribution in [0.1, 0.15) is 33.6 Å². The highest BCUT2D eigenvalue weighted by Gasteiger charge is 2.34. The molecule has 1 saturated heterocycles. The van der Waals surface area contributed by atoms with Gasteiger partial charge in [-0.15, -0.1) is 0 Å². The molecule has 0 unspecified atom stereocenters. The van der Waals surface area contributed by atoms with Crippen molar-refractivity contribution < 1.29 is 14.6 Å². The number of nitrogens with zero attached hydrogens (tertiary/aromatic N) is 1. The lowest BCUT2D eigenvalue weighted by Gasteiger charge is -2.38. The molecule has 0 spiro atoms. The third-order valence-corrected chi connectivity index (χ3v) is 2.78. The Hall–Kier alpha value is -0.850. The van der Waals surface area contributed by atoms with Crippen LogP contribution >= 0.6 is 0 Å². The zero-order chi connectivity index (χ0) is 13.1. The van der Waals surface area contributed by atoms with E-state index in [1.54, 1.807) is 4.90 Å². The number of nitrogens with one attached hydrogen (secondary N) is 1. The summed E-state index contributed by atoms with van der Waals surface area (Å²) in [6.07, 6.45) is 0.702. The van der Waals surface area contributed by atoms with Crippen molar-refractivity contribution >= 4 is 6.09 Å². The van der Waals surface area contributed by atoms with E-state index in [1.165, 1.54) is 0 Å². The summed E-state index contributed by atoms with van der Waals surface area (Å²) in [7, 11) is 0. The van der Waals surface area contributed by atoms with Crippen LogP contribution in [0.3, 0.4) is 0 Å². The summed E-state index contributed by atoms with van der Waals surface area (Å²) >= 11 is 0. The number of hydrogen-bond donors (Lipinski definition) is 3. The number of rotatable bonds is 2. The smallest absolute Gasteiger partial charge is 0.410 e. The zero-order valence-corrected chi connectivity index (χ0v) is 10.8. The Morgan fingerprint density at radius 3 is 2.41 bits per heavy atom. The van der Waals surface area contributed by atoms with Gasteiger partial charge in [-0.3, -0.25) is 11.3 Å². The number of ether oxygens (including phenoxy) is 1. The monoisotopic (exact) mass is 245 g/mol. The first-order valence-electron chi connectivity index (χ1n) is 5.89. The second kappa shape index (κ2) is 5.20. The lowest BCUT2D eigenvalue weighted by atomic mass is 9.92. The van der Waals surface area contributed by atoms with Gasteiger partial charge in [0, 0.05) is 19.6 Å². The zero-order valence-electron chi connectivity index (χ0n) is 10.8. The van der Waals surface area contributed by atoms with Crippen molar-refractivity contribution in [3.63, 3.8) is 0 Å². The lowest BCUT2D eigenvalue weighted by Crippen LogP contribution is -2.53. The summed E-state index contributed by atoms with van der Waals surface area (Å²) in [5.74, 6) is 5.21. The van der Waals surface area contributed by atoms with Crippen LogP contribution in [0.25, 0.3) is 0 Å². The van der Waals surface area contributed by atoms with E-state index in [9.17, 15) is 9.90 Å². The van der Waals surface area contributed by atoms with Crippen LogP contribution in [0.5, 0.6) is 0 Å². The highest BCUT2D eigenvalue weighted by molar-refractivity contribution is 5.68. The molecule has 1 fully saturated rings. The molecule has 0 aromatic heterocycles. The first-order valence-corrected chi connectivity index (χ1v) is 5.89. The number of carbonyl (C=O) groups is 1. The van der Waals surface area contributed by atoms with Crippen LogP contribution in [-0.2, 0) is 4.74 Å². The van der Waals surface area contributed by atoms with Gasteiger partial charge >= 0.3 is 6.09 Å². The lowest BCUT2D eigenvalue weighted by molar-refractivity contribution is -0.0308. The van der Waals surface area contributed by atoms with Crippen molar-refractivity contribution in [3.8, 4) is 0 Å². The van der Waals surface area contributed by atoms with E-state index in [2.05, 4.69) is 5.43 Å². The highest BCUT2D eigenvalue weighted by Crippen LogP contribution is 2.22. The molecule has 100 valence electrons. The number of hydrazine groups is 1.